The van der Waals surface area contributed by atoms with Crippen molar-refractivity contribution in [2.24, 2.45) is 0 Å². The quantitative estimate of drug-likeness (QED) is 0.635. The minimum atomic E-state index is -0.185. The Kier molecular flexibility index (Phi) is 6.10. The summed E-state index contributed by atoms with van der Waals surface area (Å²) in [6.45, 7) is 2.78. The first-order valence-electron chi connectivity index (χ1n) is 10.3. The van der Waals surface area contributed by atoms with Gasteiger partial charge in [-0.1, -0.05) is 72.8 Å². The molecule has 0 unspecified atom stereocenters. The monoisotopic (exact) mass is 385 g/mol. The lowest BCUT2D eigenvalue weighted by Crippen LogP contribution is -2.38. The fourth-order valence-corrected chi connectivity index (χ4v) is 3.81. The van der Waals surface area contributed by atoms with Gasteiger partial charge >= 0.3 is 6.03 Å². The third-order valence-electron chi connectivity index (χ3n) is 5.40. The molecule has 2 amide bonds. The highest BCUT2D eigenvalue weighted by Gasteiger charge is 2.16. The Morgan fingerprint density at radius 3 is 1.90 bits per heavy atom. The van der Waals surface area contributed by atoms with E-state index >= 15 is 0 Å². The Morgan fingerprint density at radius 2 is 1.34 bits per heavy atom. The van der Waals surface area contributed by atoms with E-state index < -0.39 is 0 Å². The number of nitrogens with zero attached hydrogens (tertiary/aromatic N) is 1. The average molecular weight is 386 g/mol. The van der Waals surface area contributed by atoms with E-state index in [1.165, 1.54) is 18.5 Å². The lowest BCUT2D eigenvalue weighted by atomic mass is 9.99. The summed E-state index contributed by atoms with van der Waals surface area (Å²) in [6.07, 6.45) is 2.54. The number of anilines is 1. The summed E-state index contributed by atoms with van der Waals surface area (Å²) in [6, 6.07) is 28.2. The van der Waals surface area contributed by atoms with Crippen LogP contribution in [0.2, 0.25) is 0 Å². The number of carbonyl (C=O) groups is 1. The molecule has 0 radical (unpaired) electrons. The van der Waals surface area contributed by atoms with Gasteiger partial charge in [0, 0.05) is 25.3 Å². The third kappa shape index (κ3) is 4.96. The SMILES string of the molecule is O=C(NCc1ccc(N2CCCC2)cc1)NC(c1ccccc1)c1ccccc1. The normalized spacial score (nSPS) is 13.5. The van der Waals surface area contributed by atoms with Gasteiger partial charge < -0.3 is 15.5 Å². The van der Waals surface area contributed by atoms with Crippen molar-refractivity contribution in [3.63, 3.8) is 0 Å². The molecule has 3 aromatic carbocycles. The van der Waals surface area contributed by atoms with Crippen LogP contribution in [0.15, 0.2) is 84.9 Å². The molecule has 4 heteroatoms. The summed E-state index contributed by atoms with van der Waals surface area (Å²) in [5, 5.41) is 6.11. The molecule has 3 aromatic rings. The van der Waals surface area contributed by atoms with Crippen LogP contribution in [0.1, 0.15) is 35.6 Å². The molecule has 4 nitrogen and oxygen atoms in total. The van der Waals surface area contributed by atoms with Crippen LogP contribution in [0.25, 0.3) is 0 Å². The smallest absolute Gasteiger partial charge is 0.315 e. The fraction of sp³-hybridized carbons (Fsp3) is 0.240. The summed E-state index contributed by atoms with van der Waals surface area (Å²) in [7, 11) is 0. The highest BCUT2D eigenvalue weighted by Crippen LogP contribution is 2.22. The highest BCUT2D eigenvalue weighted by molar-refractivity contribution is 5.75. The molecule has 4 rings (SSSR count). The zero-order chi connectivity index (χ0) is 19.9. The summed E-state index contributed by atoms with van der Waals surface area (Å²) in [5.74, 6) is 0. The second kappa shape index (κ2) is 9.28. The van der Waals surface area contributed by atoms with Gasteiger partial charge in [0.1, 0.15) is 0 Å². The molecule has 0 aliphatic carbocycles. The maximum absolute atomic E-state index is 12.6. The van der Waals surface area contributed by atoms with E-state index in [-0.39, 0.29) is 12.1 Å². The summed E-state index contributed by atoms with van der Waals surface area (Å²) in [4.78, 5) is 15.0. The van der Waals surface area contributed by atoms with Crippen LogP contribution < -0.4 is 15.5 Å². The Hall–Kier alpha value is -3.27. The van der Waals surface area contributed by atoms with E-state index in [2.05, 4.69) is 39.8 Å². The van der Waals surface area contributed by atoms with Crippen LogP contribution in [0.3, 0.4) is 0 Å². The lowest BCUT2D eigenvalue weighted by molar-refractivity contribution is 0.238. The zero-order valence-corrected chi connectivity index (χ0v) is 16.6. The largest absolute Gasteiger partial charge is 0.372 e. The number of hydrogen-bond acceptors (Lipinski definition) is 2. The van der Waals surface area contributed by atoms with Gasteiger partial charge in [0.25, 0.3) is 0 Å². The predicted octanol–water partition coefficient (Wildman–Crippen LogP) is 4.88. The van der Waals surface area contributed by atoms with Crippen molar-refractivity contribution in [3.8, 4) is 0 Å². The van der Waals surface area contributed by atoms with Gasteiger partial charge in [-0.05, 0) is 41.7 Å². The van der Waals surface area contributed by atoms with Crippen LogP contribution in [-0.4, -0.2) is 19.1 Å². The van der Waals surface area contributed by atoms with Gasteiger partial charge in [-0.25, -0.2) is 4.79 Å². The molecule has 1 heterocycles. The zero-order valence-electron chi connectivity index (χ0n) is 16.6. The molecule has 29 heavy (non-hydrogen) atoms. The molecule has 1 saturated heterocycles. The van der Waals surface area contributed by atoms with Crippen molar-refractivity contribution in [1.29, 1.82) is 0 Å². The van der Waals surface area contributed by atoms with Gasteiger partial charge in [0.05, 0.1) is 6.04 Å². The summed E-state index contributed by atoms with van der Waals surface area (Å²) >= 11 is 0. The first-order valence-corrected chi connectivity index (χ1v) is 10.3. The molecule has 0 saturated carbocycles. The molecule has 1 fully saturated rings. The summed E-state index contributed by atoms with van der Waals surface area (Å²) in [5.41, 5.74) is 4.48. The van der Waals surface area contributed by atoms with Crippen LogP contribution in [-0.2, 0) is 6.54 Å². The first-order chi connectivity index (χ1) is 14.3. The number of hydrogen-bond donors (Lipinski definition) is 2. The Balaban J connectivity index is 1.38. The van der Waals surface area contributed by atoms with E-state index in [4.69, 9.17) is 0 Å². The molecular weight excluding hydrogens is 358 g/mol. The number of benzene rings is 3. The molecule has 1 aliphatic rings. The Bertz CT molecular complexity index is 864. The van der Waals surface area contributed by atoms with Gasteiger partial charge in [-0.3, -0.25) is 0 Å². The summed E-state index contributed by atoms with van der Waals surface area (Å²) < 4.78 is 0. The van der Waals surface area contributed by atoms with E-state index in [0.29, 0.717) is 6.54 Å². The molecule has 0 spiro atoms. The molecule has 0 bridgehead atoms. The van der Waals surface area contributed by atoms with Gasteiger partial charge in [0.15, 0.2) is 0 Å². The second-order valence-corrected chi connectivity index (χ2v) is 7.44. The number of rotatable bonds is 6. The standard InChI is InChI=1S/C25H27N3O/c29-25(26-19-20-13-15-23(16-14-20)28-17-7-8-18-28)27-24(21-9-3-1-4-10-21)22-11-5-2-6-12-22/h1-6,9-16,24H,7-8,17-19H2,(H2,26,27,29). The van der Waals surface area contributed by atoms with Gasteiger partial charge in [-0.2, -0.15) is 0 Å². The molecule has 148 valence electrons. The number of nitrogens with one attached hydrogen (secondary N) is 2. The van der Waals surface area contributed by atoms with Crippen molar-refractivity contribution in [3.05, 3.63) is 102 Å². The third-order valence-corrected chi connectivity index (χ3v) is 5.40. The first kappa shape index (κ1) is 19.1. The van der Waals surface area contributed by atoms with E-state index in [1.807, 2.05) is 60.7 Å². The maximum Gasteiger partial charge on any atom is 0.315 e. The Morgan fingerprint density at radius 1 is 0.793 bits per heavy atom. The minimum absolute atomic E-state index is 0.175. The van der Waals surface area contributed by atoms with E-state index in [9.17, 15) is 4.79 Å². The molecular formula is C25H27N3O. The maximum atomic E-state index is 12.6. The topological polar surface area (TPSA) is 44.4 Å². The molecule has 2 N–H and O–H groups in total. The Labute approximate surface area is 172 Å². The number of urea groups is 1. The predicted molar refractivity (Wildman–Crippen MR) is 118 cm³/mol. The van der Waals surface area contributed by atoms with Crippen LogP contribution in [0.5, 0.6) is 0 Å². The molecule has 1 aliphatic heterocycles. The van der Waals surface area contributed by atoms with Crippen LogP contribution >= 0.6 is 0 Å². The molecule has 0 aromatic heterocycles. The van der Waals surface area contributed by atoms with E-state index in [0.717, 1.165) is 29.8 Å². The van der Waals surface area contributed by atoms with Crippen molar-refractivity contribution < 1.29 is 4.79 Å². The fourth-order valence-electron chi connectivity index (χ4n) is 3.81. The van der Waals surface area contributed by atoms with Crippen LogP contribution in [0.4, 0.5) is 10.5 Å². The molecule has 0 atom stereocenters. The number of carbonyl (C=O) groups excluding carboxylic acids is 1. The highest BCUT2D eigenvalue weighted by atomic mass is 16.2. The second-order valence-electron chi connectivity index (χ2n) is 7.44. The van der Waals surface area contributed by atoms with Gasteiger partial charge in [-0.15, -0.1) is 0 Å². The van der Waals surface area contributed by atoms with Crippen LogP contribution in [0, 0.1) is 0 Å². The van der Waals surface area contributed by atoms with Crippen molar-refractivity contribution in [2.75, 3.05) is 18.0 Å². The number of amides is 2. The van der Waals surface area contributed by atoms with Crippen molar-refractivity contribution >= 4 is 11.7 Å². The average Bonchev–Trinajstić information content (AvgIpc) is 3.33. The van der Waals surface area contributed by atoms with Crippen molar-refractivity contribution in [1.82, 2.24) is 10.6 Å². The lowest BCUT2D eigenvalue weighted by Gasteiger charge is -2.20. The van der Waals surface area contributed by atoms with E-state index in [1.54, 1.807) is 0 Å². The van der Waals surface area contributed by atoms with Crippen molar-refractivity contribution in [2.45, 2.75) is 25.4 Å². The minimum Gasteiger partial charge on any atom is -0.372 e. The van der Waals surface area contributed by atoms with Gasteiger partial charge in [0.2, 0.25) is 0 Å².